The number of thioether (sulfide) groups is 1. The van der Waals surface area contributed by atoms with Gasteiger partial charge in [0.25, 0.3) is 5.91 Å². The van der Waals surface area contributed by atoms with Crippen molar-refractivity contribution in [3.05, 3.63) is 120 Å². The van der Waals surface area contributed by atoms with E-state index in [1.165, 1.54) is 23.9 Å². The quantitative estimate of drug-likeness (QED) is 0.213. The zero-order valence-electron chi connectivity index (χ0n) is 20.6. The molecular formula is C30H26N2O5S. The van der Waals surface area contributed by atoms with Crippen molar-refractivity contribution >= 4 is 40.9 Å². The molecule has 4 aromatic rings. The highest BCUT2D eigenvalue weighted by Gasteiger charge is 2.23. The molecule has 4 aromatic carbocycles. The van der Waals surface area contributed by atoms with Gasteiger partial charge in [-0.25, -0.2) is 4.79 Å². The number of carbonyl (C=O) groups is 3. The summed E-state index contributed by atoms with van der Waals surface area (Å²) in [4.78, 5) is 37.9. The molecule has 0 heterocycles. The van der Waals surface area contributed by atoms with Crippen molar-refractivity contribution in [1.29, 1.82) is 0 Å². The van der Waals surface area contributed by atoms with Crippen molar-refractivity contribution in [3.63, 3.8) is 0 Å². The highest BCUT2D eigenvalue weighted by molar-refractivity contribution is 8.00. The van der Waals surface area contributed by atoms with Gasteiger partial charge in [0.15, 0.2) is 6.61 Å². The van der Waals surface area contributed by atoms with Crippen LogP contribution in [0.15, 0.2) is 108 Å². The number of amides is 2. The highest BCUT2D eigenvalue weighted by atomic mass is 32.2. The van der Waals surface area contributed by atoms with Gasteiger partial charge < -0.3 is 20.5 Å². The normalized spacial score (nSPS) is 11.3. The minimum Gasteiger partial charge on any atom is -0.484 e. The smallest absolute Gasteiger partial charge is 0.335 e. The van der Waals surface area contributed by atoms with Crippen LogP contribution in [-0.2, 0) is 9.59 Å². The first-order valence-electron chi connectivity index (χ1n) is 11.8. The highest BCUT2D eigenvalue weighted by Crippen LogP contribution is 2.37. The van der Waals surface area contributed by atoms with Crippen LogP contribution in [0.4, 0.5) is 11.4 Å². The monoisotopic (exact) mass is 526 g/mol. The number of aryl methyl sites for hydroxylation is 1. The maximum absolute atomic E-state index is 13.4. The number of carboxylic acid groups (broad SMARTS) is 1. The number of hydrogen-bond donors (Lipinski definition) is 3. The van der Waals surface area contributed by atoms with Crippen molar-refractivity contribution in [2.24, 2.45) is 0 Å². The van der Waals surface area contributed by atoms with Gasteiger partial charge in [-0.15, -0.1) is 11.8 Å². The third-order valence-electron chi connectivity index (χ3n) is 5.59. The Hall–Kier alpha value is -4.56. The second-order valence-electron chi connectivity index (χ2n) is 8.41. The molecule has 2 amide bonds. The molecule has 0 radical (unpaired) electrons. The molecule has 1 unspecified atom stereocenters. The number of aromatic carboxylic acids is 1. The Morgan fingerprint density at radius 1 is 0.842 bits per heavy atom. The summed E-state index contributed by atoms with van der Waals surface area (Å²) >= 11 is 1.35. The van der Waals surface area contributed by atoms with Crippen LogP contribution < -0.4 is 15.4 Å². The molecule has 0 saturated heterocycles. The van der Waals surface area contributed by atoms with Crippen LogP contribution in [0.25, 0.3) is 0 Å². The lowest BCUT2D eigenvalue weighted by Gasteiger charge is -2.18. The maximum Gasteiger partial charge on any atom is 0.335 e. The van der Waals surface area contributed by atoms with E-state index in [0.29, 0.717) is 17.1 Å². The lowest BCUT2D eigenvalue weighted by atomic mass is 10.1. The molecule has 7 nitrogen and oxygen atoms in total. The summed E-state index contributed by atoms with van der Waals surface area (Å²) in [6.45, 7) is 1.70. The molecule has 8 heteroatoms. The second kappa shape index (κ2) is 12.6. The van der Waals surface area contributed by atoms with Crippen molar-refractivity contribution in [3.8, 4) is 5.75 Å². The molecule has 0 aliphatic carbocycles. The summed E-state index contributed by atoms with van der Waals surface area (Å²) in [6.07, 6.45) is 0. The van der Waals surface area contributed by atoms with Gasteiger partial charge in [0.05, 0.1) is 5.56 Å². The van der Waals surface area contributed by atoms with E-state index in [4.69, 9.17) is 4.74 Å². The molecule has 0 aliphatic rings. The number of nitrogens with one attached hydrogen (secondary N) is 2. The Morgan fingerprint density at radius 3 is 2.16 bits per heavy atom. The fraction of sp³-hybridized carbons (Fsp3) is 0.100. The van der Waals surface area contributed by atoms with Crippen molar-refractivity contribution in [2.45, 2.75) is 17.1 Å². The molecule has 0 fully saturated rings. The van der Waals surface area contributed by atoms with Gasteiger partial charge in [0.2, 0.25) is 5.91 Å². The summed E-state index contributed by atoms with van der Waals surface area (Å²) in [5, 5.41) is 14.4. The minimum absolute atomic E-state index is 0.0987. The van der Waals surface area contributed by atoms with Gasteiger partial charge >= 0.3 is 5.97 Å². The molecule has 1 atom stereocenters. The van der Waals surface area contributed by atoms with Crippen LogP contribution in [-0.4, -0.2) is 29.5 Å². The Balaban J connectivity index is 1.44. The summed E-state index contributed by atoms with van der Waals surface area (Å²) in [7, 11) is 0. The number of para-hydroxylation sites is 1. The molecular weight excluding hydrogens is 500 g/mol. The zero-order chi connectivity index (χ0) is 26.9. The topological polar surface area (TPSA) is 105 Å². The lowest BCUT2D eigenvalue weighted by molar-refractivity contribution is -0.118. The standard InChI is InChI=1S/C30H26N2O5S/c1-20-12-13-22(30(35)36)18-26(20)32-29(34)28(21-8-4-2-5-9-21)38-25-16-14-23(15-17-25)31-27(33)19-37-24-10-6-3-7-11-24/h2-18,28H,19H2,1H3,(H,31,33)(H,32,34)(H,35,36). The van der Waals surface area contributed by atoms with Crippen LogP contribution in [0.5, 0.6) is 5.75 Å². The molecule has 0 bridgehead atoms. The van der Waals surface area contributed by atoms with Gasteiger partial charge in [0.1, 0.15) is 11.0 Å². The van der Waals surface area contributed by atoms with E-state index in [9.17, 15) is 19.5 Å². The van der Waals surface area contributed by atoms with Gasteiger partial charge in [-0.1, -0.05) is 54.6 Å². The van der Waals surface area contributed by atoms with Crippen molar-refractivity contribution < 1.29 is 24.2 Å². The minimum atomic E-state index is -1.06. The number of carboxylic acids is 1. The predicted octanol–water partition coefficient (Wildman–Crippen LogP) is 6.18. The lowest BCUT2D eigenvalue weighted by Crippen LogP contribution is -2.20. The van der Waals surface area contributed by atoms with E-state index in [1.807, 2.05) is 67.6 Å². The average Bonchev–Trinajstić information content (AvgIpc) is 2.93. The molecule has 0 aliphatic heterocycles. The Kier molecular flexibility index (Phi) is 8.79. The van der Waals surface area contributed by atoms with Gasteiger partial charge in [-0.3, -0.25) is 9.59 Å². The number of carbonyl (C=O) groups excluding carboxylic acids is 2. The molecule has 3 N–H and O–H groups in total. The van der Waals surface area contributed by atoms with E-state index in [-0.39, 0.29) is 24.0 Å². The third kappa shape index (κ3) is 7.24. The van der Waals surface area contributed by atoms with E-state index in [1.54, 1.807) is 30.3 Å². The summed E-state index contributed by atoms with van der Waals surface area (Å²) < 4.78 is 5.48. The Morgan fingerprint density at radius 2 is 1.50 bits per heavy atom. The van der Waals surface area contributed by atoms with E-state index >= 15 is 0 Å². The number of ether oxygens (including phenoxy) is 1. The van der Waals surface area contributed by atoms with Crippen LogP contribution in [0, 0.1) is 6.92 Å². The van der Waals surface area contributed by atoms with Gasteiger partial charge in [-0.05, 0) is 66.6 Å². The first-order chi connectivity index (χ1) is 18.4. The van der Waals surface area contributed by atoms with Crippen molar-refractivity contribution in [2.75, 3.05) is 17.2 Å². The predicted molar refractivity (Wildman–Crippen MR) is 149 cm³/mol. The fourth-order valence-electron chi connectivity index (χ4n) is 3.60. The maximum atomic E-state index is 13.4. The van der Waals surface area contributed by atoms with Crippen LogP contribution in [0.3, 0.4) is 0 Å². The second-order valence-corrected chi connectivity index (χ2v) is 9.59. The number of anilines is 2. The van der Waals surface area contributed by atoms with Gasteiger partial charge in [0, 0.05) is 16.3 Å². The third-order valence-corrected chi connectivity index (χ3v) is 6.85. The van der Waals surface area contributed by atoms with Crippen LogP contribution >= 0.6 is 11.8 Å². The molecule has 192 valence electrons. The SMILES string of the molecule is Cc1ccc(C(=O)O)cc1NC(=O)C(Sc1ccc(NC(=O)COc2ccccc2)cc1)c1ccccc1. The van der Waals surface area contributed by atoms with Crippen LogP contribution in [0.1, 0.15) is 26.7 Å². The zero-order valence-corrected chi connectivity index (χ0v) is 21.4. The summed E-state index contributed by atoms with van der Waals surface area (Å²) in [5.74, 6) is -1.00. The number of rotatable bonds is 10. The first-order valence-corrected chi connectivity index (χ1v) is 12.7. The molecule has 0 saturated carbocycles. The Labute approximate surface area is 224 Å². The van der Waals surface area contributed by atoms with Crippen LogP contribution in [0.2, 0.25) is 0 Å². The number of hydrogen-bond acceptors (Lipinski definition) is 5. The van der Waals surface area contributed by atoms with E-state index in [2.05, 4.69) is 10.6 Å². The molecule has 4 rings (SSSR count). The van der Waals surface area contributed by atoms with E-state index < -0.39 is 11.2 Å². The summed E-state index contributed by atoms with van der Waals surface area (Å²) in [6, 6.07) is 30.3. The largest absolute Gasteiger partial charge is 0.484 e. The Bertz CT molecular complexity index is 1410. The van der Waals surface area contributed by atoms with E-state index in [0.717, 1.165) is 16.0 Å². The summed E-state index contributed by atoms with van der Waals surface area (Å²) in [5.41, 5.74) is 2.72. The fourth-order valence-corrected chi connectivity index (χ4v) is 4.63. The number of benzene rings is 4. The van der Waals surface area contributed by atoms with Gasteiger partial charge in [-0.2, -0.15) is 0 Å². The van der Waals surface area contributed by atoms with Crippen molar-refractivity contribution in [1.82, 2.24) is 0 Å². The molecule has 38 heavy (non-hydrogen) atoms. The molecule has 0 spiro atoms. The first kappa shape index (κ1) is 26.5. The average molecular weight is 527 g/mol. The molecule has 0 aromatic heterocycles.